The molecule has 2 unspecified atom stereocenters. The second kappa shape index (κ2) is 3.63. The maximum absolute atomic E-state index is 7.25. The first-order valence-corrected chi connectivity index (χ1v) is 3.60. The lowest BCUT2D eigenvalue weighted by atomic mass is 10.2. The van der Waals surface area contributed by atoms with Crippen LogP contribution in [0.4, 0.5) is 0 Å². The van der Waals surface area contributed by atoms with Crippen LogP contribution in [0.1, 0.15) is 12.8 Å². The number of hydrogen-bond donors (Lipinski definition) is 2. The van der Waals surface area contributed by atoms with Crippen molar-refractivity contribution in [2.45, 2.75) is 24.9 Å². The Hall–Kier alpha value is -0.480. The van der Waals surface area contributed by atoms with Crippen molar-refractivity contribution in [3.63, 3.8) is 0 Å². The van der Waals surface area contributed by atoms with E-state index in [1.165, 1.54) is 25.9 Å². The minimum Gasteiger partial charge on any atom is -0.314 e. The smallest absolute Gasteiger partial charge is 0.120 e. The molecule has 0 aromatic heterocycles. The van der Waals surface area contributed by atoms with Crippen LogP contribution in [-0.4, -0.2) is 25.2 Å². The van der Waals surface area contributed by atoms with Crippen molar-refractivity contribution in [1.82, 2.24) is 16.2 Å². The SMILES string of the molecule is C1CC2CNCC1N2.[N]=O. The second-order valence-electron chi connectivity index (χ2n) is 2.80. The summed E-state index contributed by atoms with van der Waals surface area (Å²) in [6, 6.07) is 1.60. The van der Waals surface area contributed by atoms with Crippen LogP contribution in [0.5, 0.6) is 0 Å². The molecule has 10 heavy (non-hydrogen) atoms. The molecular formula is C6H12N3O. The molecule has 0 aromatic carbocycles. The number of nitroso groups, excluding NO2 is 1. The summed E-state index contributed by atoms with van der Waals surface area (Å²) >= 11 is 0. The van der Waals surface area contributed by atoms with Crippen LogP contribution in [0.15, 0.2) is 0 Å². The van der Waals surface area contributed by atoms with Gasteiger partial charge in [-0.15, -0.1) is 4.91 Å². The summed E-state index contributed by atoms with van der Waals surface area (Å²) in [5.41, 5.74) is 5.75. The van der Waals surface area contributed by atoms with Crippen LogP contribution in [0.25, 0.3) is 0 Å². The first kappa shape index (κ1) is 7.63. The molecule has 2 N–H and O–H groups in total. The standard InChI is InChI=1S/C6H12N2.NO/c1-2-6-4-7-3-5(1)8-6;1-2/h5-8H,1-4H2;. The predicted octanol–water partition coefficient (Wildman–Crippen LogP) is -0.737. The van der Waals surface area contributed by atoms with Gasteiger partial charge in [0.05, 0.1) is 0 Å². The topological polar surface area (TPSA) is 63.4 Å². The van der Waals surface area contributed by atoms with Gasteiger partial charge in [0, 0.05) is 25.2 Å². The highest BCUT2D eigenvalue weighted by atomic mass is 16.2. The monoisotopic (exact) mass is 142 g/mol. The van der Waals surface area contributed by atoms with Gasteiger partial charge < -0.3 is 10.6 Å². The normalized spacial score (nSPS) is 36.4. The Morgan fingerprint density at radius 3 is 2.00 bits per heavy atom. The van der Waals surface area contributed by atoms with Crippen LogP contribution in [0.2, 0.25) is 0 Å². The van der Waals surface area contributed by atoms with Gasteiger partial charge in [0.15, 0.2) is 0 Å². The van der Waals surface area contributed by atoms with Crippen molar-refractivity contribution >= 4 is 0 Å². The molecule has 0 spiro atoms. The van der Waals surface area contributed by atoms with Crippen LogP contribution < -0.4 is 16.2 Å². The number of nitrogens with zero attached hydrogens (tertiary/aromatic N) is 1. The Morgan fingerprint density at radius 1 is 1.10 bits per heavy atom. The number of piperazine rings is 1. The minimum atomic E-state index is 0.800. The van der Waals surface area contributed by atoms with Crippen LogP contribution >= 0.6 is 0 Å². The van der Waals surface area contributed by atoms with E-state index in [-0.39, 0.29) is 0 Å². The molecule has 2 aliphatic rings. The molecule has 4 heteroatoms. The molecule has 2 aliphatic heterocycles. The molecule has 0 aliphatic carbocycles. The second-order valence-corrected chi connectivity index (χ2v) is 2.80. The maximum atomic E-state index is 7.25. The summed E-state index contributed by atoms with van der Waals surface area (Å²) in [7, 11) is 0. The summed E-state index contributed by atoms with van der Waals surface area (Å²) in [4.78, 5) is 7.25. The van der Waals surface area contributed by atoms with E-state index in [0.29, 0.717) is 0 Å². The number of fused-ring (bicyclic) bond motifs is 2. The number of nitrogens with one attached hydrogen (secondary N) is 2. The van der Waals surface area contributed by atoms with Crippen LogP contribution in [-0.2, 0) is 0 Å². The van der Waals surface area contributed by atoms with Gasteiger partial charge in [-0.25, -0.2) is 0 Å². The molecule has 57 valence electrons. The summed E-state index contributed by atoms with van der Waals surface area (Å²) in [6.07, 6.45) is 2.77. The van der Waals surface area contributed by atoms with Crippen molar-refractivity contribution in [3.8, 4) is 0 Å². The van der Waals surface area contributed by atoms with Gasteiger partial charge >= 0.3 is 0 Å². The fourth-order valence-electron chi connectivity index (χ4n) is 1.66. The Morgan fingerprint density at radius 2 is 1.60 bits per heavy atom. The fraction of sp³-hybridized carbons (Fsp3) is 1.00. The van der Waals surface area contributed by atoms with E-state index >= 15 is 0 Å². The molecule has 2 heterocycles. The molecule has 2 saturated heterocycles. The third-order valence-electron chi connectivity index (χ3n) is 2.12. The summed E-state index contributed by atoms with van der Waals surface area (Å²) in [5.74, 6) is 0. The summed E-state index contributed by atoms with van der Waals surface area (Å²) in [6.45, 7) is 2.38. The molecule has 0 saturated carbocycles. The van der Waals surface area contributed by atoms with E-state index in [1.807, 2.05) is 0 Å². The van der Waals surface area contributed by atoms with Gasteiger partial charge in [-0.1, -0.05) is 0 Å². The average Bonchev–Trinajstić information content (AvgIpc) is 2.35. The quantitative estimate of drug-likeness (QED) is 0.468. The Bertz CT molecular complexity index is 95.2. The molecule has 2 atom stereocenters. The molecule has 0 amide bonds. The Kier molecular flexibility index (Phi) is 2.77. The Labute approximate surface area is 60.1 Å². The van der Waals surface area contributed by atoms with Gasteiger partial charge in [0.1, 0.15) is 5.59 Å². The van der Waals surface area contributed by atoms with Crippen LogP contribution in [0, 0.1) is 4.91 Å². The molecule has 2 rings (SSSR count). The highest BCUT2D eigenvalue weighted by molar-refractivity contribution is 4.90. The van der Waals surface area contributed by atoms with E-state index in [0.717, 1.165) is 12.1 Å². The number of hydrogen-bond acceptors (Lipinski definition) is 3. The first-order valence-electron chi connectivity index (χ1n) is 3.60. The third-order valence-corrected chi connectivity index (χ3v) is 2.12. The summed E-state index contributed by atoms with van der Waals surface area (Å²) < 4.78 is 0. The van der Waals surface area contributed by atoms with E-state index in [4.69, 9.17) is 10.5 Å². The fourth-order valence-corrected chi connectivity index (χ4v) is 1.66. The molecular weight excluding hydrogens is 130 g/mol. The van der Waals surface area contributed by atoms with Crippen molar-refractivity contribution < 1.29 is 0 Å². The van der Waals surface area contributed by atoms with Crippen molar-refractivity contribution in [1.29, 1.82) is 0 Å². The molecule has 0 aromatic rings. The van der Waals surface area contributed by atoms with Gasteiger partial charge in [-0.05, 0) is 12.8 Å². The van der Waals surface area contributed by atoms with Crippen molar-refractivity contribution in [2.24, 2.45) is 0 Å². The zero-order valence-electron chi connectivity index (χ0n) is 5.84. The first-order chi connectivity index (χ1) is 4.95. The predicted molar refractivity (Wildman–Crippen MR) is 38.3 cm³/mol. The Balaban J connectivity index is 0.000000231. The van der Waals surface area contributed by atoms with Gasteiger partial charge in [0.2, 0.25) is 0 Å². The average molecular weight is 142 g/mol. The maximum Gasteiger partial charge on any atom is 0.120 e. The molecule has 2 bridgehead atoms. The molecule has 2 fully saturated rings. The van der Waals surface area contributed by atoms with Gasteiger partial charge in [0.25, 0.3) is 0 Å². The van der Waals surface area contributed by atoms with Gasteiger partial charge in [-0.3, -0.25) is 0 Å². The highest BCUT2D eigenvalue weighted by Gasteiger charge is 2.26. The highest BCUT2D eigenvalue weighted by Crippen LogP contribution is 2.13. The van der Waals surface area contributed by atoms with Crippen molar-refractivity contribution in [2.75, 3.05) is 13.1 Å². The lowest BCUT2D eigenvalue weighted by molar-refractivity contribution is 0.423. The zero-order valence-corrected chi connectivity index (χ0v) is 5.84. The largest absolute Gasteiger partial charge is 0.314 e. The lowest BCUT2D eigenvalue weighted by Crippen LogP contribution is -2.48. The van der Waals surface area contributed by atoms with E-state index in [9.17, 15) is 0 Å². The van der Waals surface area contributed by atoms with Crippen LogP contribution in [0.3, 0.4) is 0 Å². The van der Waals surface area contributed by atoms with Crippen molar-refractivity contribution in [3.05, 3.63) is 4.91 Å². The van der Waals surface area contributed by atoms with E-state index < -0.39 is 0 Å². The molecule has 4 nitrogen and oxygen atoms in total. The third kappa shape index (κ3) is 1.52. The molecule has 1 radical (unpaired) electrons. The van der Waals surface area contributed by atoms with E-state index in [1.54, 1.807) is 0 Å². The zero-order chi connectivity index (χ0) is 7.40. The van der Waals surface area contributed by atoms with Gasteiger partial charge in [-0.2, -0.15) is 0 Å². The lowest BCUT2D eigenvalue weighted by Gasteiger charge is -2.21. The summed E-state index contributed by atoms with van der Waals surface area (Å²) in [5, 5.41) is 6.91. The minimum absolute atomic E-state index is 0.800. The van der Waals surface area contributed by atoms with E-state index in [2.05, 4.69) is 10.6 Å². The number of rotatable bonds is 0.